The van der Waals surface area contributed by atoms with Crippen LogP contribution in [0.3, 0.4) is 0 Å². The van der Waals surface area contributed by atoms with E-state index in [4.69, 9.17) is 11.5 Å². The summed E-state index contributed by atoms with van der Waals surface area (Å²) in [4.78, 5) is 46.1. The molecule has 6 atom stereocenters. The molecule has 0 radical (unpaired) electrons. The van der Waals surface area contributed by atoms with E-state index in [1.165, 1.54) is 27.7 Å². The minimum atomic E-state index is -1.59. The number of nitrogens with two attached hydrogens (primary N) is 2. The van der Waals surface area contributed by atoms with Gasteiger partial charge in [-0.1, -0.05) is 0 Å². The van der Waals surface area contributed by atoms with Crippen molar-refractivity contribution in [2.45, 2.75) is 101 Å². The molecule has 2 aliphatic rings. The van der Waals surface area contributed by atoms with E-state index in [1.807, 2.05) is 0 Å². The van der Waals surface area contributed by atoms with Crippen molar-refractivity contribution in [2.75, 3.05) is 0 Å². The number of nitrogens with one attached hydrogen (secondary N) is 2. The van der Waals surface area contributed by atoms with Crippen LogP contribution in [0.4, 0.5) is 9.59 Å². The highest BCUT2D eigenvalue weighted by atomic mass is 16.6. The Morgan fingerprint density at radius 2 is 1.13 bits per heavy atom. The van der Waals surface area contributed by atoms with Gasteiger partial charge in [0.25, 0.3) is 0 Å². The van der Waals surface area contributed by atoms with Gasteiger partial charge in [0.15, 0.2) is 0 Å². The molecule has 0 spiro atoms. The van der Waals surface area contributed by atoms with Crippen molar-refractivity contribution in [1.29, 1.82) is 0 Å². The summed E-state index contributed by atoms with van der Waals surface area (Å²) in [5, 5.41) is 54.4. The van der Waals surface area contributed by atoms with Gasteiger partial charge in [-0.25, -0.2) is 20.4 Å². The SMILES string of the molecule is C/C(=N/NC(N)=O)[C@@H]1C[C@@](CC[C@]2([N+](=O)[O-])CC[C@@](C)(O)[C@H](/C(C)=N/NC(N)=O)C2)([N+](=O)[O-])CC[C@@]1(C)O. The van der Waals surface area contributed by atoms with E-state index in [2.05, 4.69) is 21.1 Å². The average molecular weight is 543 g/mol. The summed E-state index contributed by atoms with van der Waals surface area (Å²) in [6, 6.07) is -1.86. The molecule has 4 amide bonds. The van der Waals surface area contributed by atoms with Crippen molar-refractivity contribution >= 4 is 23.5 Å². The number of aliphatic hydroxyl groups is 2. The lowest BCUT2D eigenvalue weighted by Crippen LogP contribution is -2.57. The molecule has 0 aromatic carbocycles. The monoisotopic (exact) mass is 542 g/mol. The molecular formula is C22H38N8O8. The molecule has 214 valence electrons. The number of hydrogen-bond donors (Lipinski definition) is 6. The van der Waals surface area contributed by atoms with E-state index in [9.17, 15) is 40.0 Å². The van der Waals surface area contributed by atoms with E-state index < -0.39 is 56.0 Å². The quantitative estimate of drug-likeness (QED) is 0.139. The van der Waals surface area contributed by atoms with Gasteiger partial charge in [-0.3, -0.25) is 20.2 Å². The van der Waals surface area contributed by atoms with Crippen molar-refractivity contribution in [3.8, 4) is 0 Å². The molecule has 2 rings (SSSR count). The molecule has 2 saturated carbocycles. The second kappa shape index (κ2) is 11.1. The van der Waals surface area contributed by atoms with Crippen LogP contribution >= 0.6 is 0 Å². The average Bonchev–Trinajstić information content (AvgIpc) is 2.80. The van der Waals surface area contributed by atoms with Crippen LogP contribution < -0.4 is 22.3 Å². The lowest BCUT2D eigenvalue weighted by molar-refractivity contribution is -0.596. The van der Waals surface area contributed by atoms with Gasteiger partial charge in [-0.15, -0.1) is 0 Å². The molecule has 2 aliphatic carbocycles. The van der Waals surface area contributed by atoms with Crippen LogP contribution in [0.1, 0.15) is 79.1 Å². The number of nitrogens with zero attached hydrogens (tertiary/aromatic N) is 4. The number of hydrogen-bond acceptors (Lipinski definition) is 10. The number of hydrazone groups is 2. The summed E-state index contributed by atoms with van der Waals surface area (Å²) in [5.41, 5.74) is 8.83. The third-order valence-electron chi connectivity index (χ3n) is 8.39. The second-order valence-electron chi connectivity index (χ2n) is 11.1. The summed E-state index contributed by atoms with van der Waals surface area (Å²) >= 11 is 0. The topological polar surface area (TPSA) is 262 Å². The number of carbonyl (C=O) groups excluding carboxylic acids is 2. The van der Waals surface area contributed by atoms with E-state index in [1.54, 1.807) is 0 Å². The Bertz CT molecular complexity index is 949. The molecule has 16 heteroatoms. The van der Waals surface area contributed by atoms with Crippen LogP contribution in [-0.4, -0.2) is 65.8 Å². The lowest BCUT2D eigenvalue weighted by atomic mass is 9.61. The Hall–Kier alpha value is -3.40. The van der Waals surface area contributed by atoms with Gasteiger partial charge in [0.1, 0.15) is 0 Å². The summed E-state index contributed by atoms with van der Waals surface area (Å²) in [6.07, 6.45) is -0.578. The highest BCUT2D eigenvalue weighted by Gasteiger charge is 2.59. The first-order valence-corrected chi connectivity index (χ1v) is 12.3. The maximum absolute atomic E-state index is 12.4. The third-order valence-corrected chi connectivity index (χ3v) is 8.39. The van der Waals surface area contributed by atoms with Crippen LogP contribution in [0.15, 0.2) is 10.2 Å². The molecule has 38 heavy (non-hydrogen) atoms. The van der Waals surface area contributed by atoms with Gasteiger partial charge < -0.3 is 21.7 Å². The Balaban J connectivity index is 2.38. The highest BCUT2D eigenvalue weighted by molar-refractivity contribution is 5.87. The summed E-state index contributed by atoms with van der Waals surface area (Å²) in [5.74, 6) is -1.62. The fraction of sp³-hybridized carbons (Fsp3) is 0.818. The van der Waals surface area contributed by atoms with E-state index >= 15 is 0 Å². The fourth-order valence-electron chi connectivity index (χ4n) is 5.80. The standard InChI is InChI=1S/C22H38N8O8/c1-13(25-27-17(23)31)15-11-21(29(35)36,7-5-19(15,3)33)9-10-22(30(37)38)8-6-20(4,34)16(12-22)14(2)26-28-18(24)32/h15-16,33-34H,5-12H2,1-4H3,(H3,23,27,31)(H3,24,28,32)/b25-13-,26-14+/t15-,16-,19+,20+,21+,22+/m0/s1. The van der Waals surface area contributed by atoms with Gasteiger partial charge in [0.2, 0.25) is 11.1 Å². The molecule has 0 heterocycles. The number of primary amides is 2. The van der Waals surface area contributed by atoms with Crippen LogP contribution in [0, 0.1) is 32.1 Å². The fourth-order valence-corrected chi connectivity index (χ4v) is 5.80. The van der Waals surface area contributed by atoms with E-state index in [-0.39, 0.29) is 62.8 Å². The molecule has 16 nitrogen and oxygen atoms in total. The molecule has 2 fully saturated rings. The van der Waals surface area contributed by atoms with Crippen LogP contribution in [-0.2, 0) is 0 Å². The van der Waals surface area contributed by atoms with Crippen molar-refractivity contribution in [1.82, 2.24) is 10.9 Å². The van der Waals surface area contributed by atoms with Crippen LogP contribution in [0.5, 0.6) is 0 Å². The number of urea groups is 2. The van der Waals surface area contributed by atoms with Gasteiger partial charge in [-0.2, -0.15) is 10.2 Å². The molecule has 8 N–H and O–H groups in total. The van der Waals surface area contributed by atoms with Crippen molar-refractivity contribution in [3.63, 3.8) is 0 Å². The van der Waals surface area contributed by atoms with Gasteiger partial charge >= 0.3 is 12.1 Å². The molecule has 0 unspecified atom stereocenters. The van der Waals surface area contributed by atoms with Crippen molar-refractivity contribution in [2.24, 2.45) is 33.5 Å². The normalized spacial score (nSPS) is 36.3. The first-order chi connectivity index (χ1) is 17.4. The maximum Gasteiger partial charge on any atom is 0.332 e. The maximum atomic E-state index is 12.4. The molecule has 0 aliphatic heterocycles. The minimum Gasteiger partial charge on any atom is -0.389 e. The molecule has 0 saturated heterocycles. The lowest BCUT2D eigenvalue weighted by Gasteiger charge is -2.45. The first kappa shape index (κ1) is 30.8. The molecule has 0 bridgehead atoms. The Kier molecular flexibility index (Phi) is 9.04. The zero-order valence-corrected chi connectivity index (χ0v) is 22.1. The Morgan fingerprint density at radius 3 is 1.39 bits per heavy atom. The number of nitro groups is 2. The number of amides is 4. The van der Waals surface area contributed by atoms with Gasteiger partial charge in [0, 0.05) is 71.6 Å². The third kappa shape index (κ3) is 6.72. The number of rotatable bonds is 9. The Morgan fingerprint density at radius 1 is 0.816 bits per heavy atom. The predicted molar refractivity (Wildman–Crippen MR) is 136 cm³/mol. The predicted octanol–water partition coefficient (Wildman–Crippen LogP) is 0.988. The molecule has 0 aromatic rings. The number of carbonyl (C=O) groups is 2. The minimum absolute atomic E-state index is 0.0159. The first-order valence-electron chi connectivity index (χ1n) is 12.3. The van der Waals surface area contributed by atoms with Crippen LogP contribution in [0.2, 0.25) is 0 Å². The van der Waals surface area contributed by atoms with E-state index in [0.717, 1.165) is 0 Å². The smallest absolute Gasteiger partial charge is 0.332 e. The summed E-state index contributed by atoms with van der Waals surface area (Å²) < 4.78 is 0. The molecular weight excluding hydrogens is 504 g/mol. The zero-order valence-electron chi connectivity index (χ0n) is 22.1. The van der Waals surface area contributed by atoms with Gasteiger partial charge in [0.05, 0.1) is 11.2 Å². The highest BCUT2D eigenvalue weighted by Crippen LogP contribution is 2.48. The van der Waals surface area contributed by atoms with Gasteiger partial charge in [-0.05, 0) is 40.5 Å². The van der Waals surface area contributed by atoms with Crippen molar-refractivity contribution in [3.05, 3.63) is 20.2 Å². The summed E-state index contributed by atoms with van der Waals surface area (Å²) in [7, 11) is 0. The Labute approximate surface area is 219 Å². The van der Waals surface area contributed by atoms with E-state index in [0.29, 0.717) is 0 Å². The molecule has 0 aromatic heterocycles. The van der Waals surface area contributed by atoms with Crippen molar-refractivity contribution < 1.29 is 29.6 Å². The second-order valence-corrected chi connectivity index (χ2v) is 11.1. The summed E-state index contributed by atoms with van der Waals surface area (Å²) in [6.45, 7) is 6.08. The van der Waals surface area contributed by atoms with Crippen LogP contribution in [0.25, 0.3) is 0 Å². The zero-order chi connectivity index (χ0) is 29.1. The largest absolute Gasteiger partial charge is 0.389 e.